The van der Waals surface area contributed by atoms with Gasteiger partial charge >= 0.3 is 6.09 Å². The van der Waals surface area contributed by atoms with Gasteiger partial charge in [-0.05, 0) is 12.8 Å². The highest BCUT2D eigenvalue weighted by Crippen LogP contribution is 2.14. The summed E-state index contributed by atoms with van der Waals surface area (Å²) in [6.45, 7) is 5.20. The fraction of sp³-hybridized carbons (Fsp3) is 0.857. The number of carbonyl (C=O) groups is 1. The van der Waals surface area contributed by atoms with Gasteiger partial charge in [-0.2, -0.15) is 0 Å². The van der Waals surface area contributed by atoms with Crippen LogP contribution < -0.4 is 5.32 Å². The second-order valence-corrected chi connectivity index (χ2v) is 3.16. The molecule has 0 aliphatic carbocycles. The molecule has 0 aromatic rings. The zero-order chi connectivity index (χ0) is 9.07. The monoisotopic (exact) mass is 161 g/mol. The fourth-order valence-electron chi connectivity index (χ4n) is 0.611. The average molecular weight is 161 g/mol. The van der Waals surface area contributed by atoms with Crippen molar-refractivity contribution in [3.63, 3.8) is 0 Å². The summed E-state index contributed by atoms with van der Waals surface area (Å²) in [6.07, 6.45) is -1.10. The molecule has 0 rings (SSSR count). The van der Waals surface area contributed by atoms with E-state index >= 15 is 0 Å². The van der Waals surface area contributed by atoms with E-state index in [4.69, 9.17) is 10.2 Å². The van der Waals surface area contributed by atoms with Crippen LogP contribution in [0.3, 0.4) is 0 Å². The lowest BCUT2D eigenvalue weighted by molar-refractivity contribution is 0.119. The minimum atomic E-state index is -1.10. The number of hydrogen-bond acceptors (Lipinski definition) is 2. The Morgan fingerprint density at radius 3 is 2.18 bits per heavy atom. The van der Waals surface area contributed by atoms with Gasteiger partial charge in [0.2, 0.25) is 0 Å². The Bertz CT molecular complexity index is 147. The van der Waals surface area contributed by atoms with E-state index in [1.807, 2.05) is 13.8 Å². The number of hydrogen-bond donors (Lipinski definition) is 3. The van der Waals surface area contributed by atoms with Crippen LogP contribution in [0, 0.1) is 5.92 Å². The summed E-state index contributed by atoms with van der Waals surface area (Å²) < 4.78 is 0. The third kappa shape index (κ3) is 2.76. The van der Waals surface area contributed by atoms with Crippen LogP contribution in [0.4, 0.5) is 4.79 Å². The maximum absolute atomic E-state index is 10.3. The van der Waals surface area contributed by atoms with Gasteiger partial charge in [0.05, 0.1) is 12.1 Å². The van der Waals surface area contributed by atoms with E-state index in [1.54, 1.807) is 6.92 Å². The molecule has 3 N–H and O–H groups in total. The minimum Gasteiger partial charge on any atom is -0.465 e. The van der Waals surface area contributed by atoms with Gasteiger partial charge in [0.25, 0.3) is 0 Å². The van der Waals surface area contributed by atoms with Crippen molar-refractivity contribution in [2.24, 2.45) is 5.92 Å². The van der Waals surface area contributed by atoms with E-state index in [0.717, 1.165) is 0 Å². The van der Waals surface area contributed by atoms with Gasteiger partial charge in [0.15, 0.2) is 0 Å². The Morgan fingerprint density at radius 1 is 1.64 bits per heavy atom. The summed E-state index contributed by atoms with van der Waals surface area (Å²) in [5.74, 6) is 0.0728. The maximum Gasteiger partial charge on any atom is 0.405 e. The van der Waals surface area contributed by atoms with Crippen molar-refractivity contribution in [3.8, 4) is 0 Å². The molecule has 0 saturated carbocycles. The minimum absolute atomic E-state index is 0.0728. The molecule has 1 amide bonds. The van der Waals surface area contributed by atoms with Crippen molar-refractivity contribution in [1.29, 1.82) is 0 Å². The number of nitrogens with one attached hydrogen (secondary N) is 1. The molecule has 0 aliphatic heterocycles. The summed E-state index contributed by atoms with van der Waals surface area (Å²) in [5.41, 5.74) is -0.730. The number of carboxylic acid groups (broad SMARTS) is 1. The molecule has 11 heavy (non-hydrogen) atoms. The van der Waals surface area contributed by atoms with E-state index in [-0.39, 0.29) is 12.5 Å². The molecule has 0 aromatic carbocycles. The Labute approximate surface area is 66.2 Å². The lowest BCUT2D eigenvalue weighted by Gasteiger charge is -2.31. The predicted octanol–water partition coefficient (Wildman–Crippen LogP) is 0.661. The van der Waals surface area contributed by atoms with E-state index in [2.05, 4.69) is 5.32 Å². The summed E-state index contributed by atoms with van der Waals surface area (Å²) in [7, 11) is 0. The topological polar surface area (TPSA) is 69.6 Å². The van der Waals surface area contributed by atoms with Gasteiger partial charge < -0.3 is 15.5 Å². The molecular formula is C7H15NO3. The molecule has 1 unspecified atom stereocenters. The number of aliphatic hydroxyl groups is 1. The van der Waals surface area contributed by atoms with E-state index in [0.29, 0.717) is 0 Å². The first kappa shape index (κ1) is 10.2. The van der Waals surface area contributed by atoms with Crippen molar-refractivity contribution >= 4 is 6.09 Å². The molecule has 4 nitrogen and oxygen atoms in total. The standard InChI is InChI=1S/C7H15NO3/c1-5(2)7(3,4-9)8-6(10)11/h5,8-9H,4H2,1-3H3,(H,10,11). The van der Waals surface area contributed by atoms with Crippen LogP contribution in [0.25, 0.3) is 0 Å². The largest absolute Gasteiger partial charge is 0.465 e. The number of amides is 1. The van der Waals surface area contributed by atoms with E-state index < -0.39 is 11.6 Å². The Hall–Kier alpha value is -0.770. The van der Waals surface area contributed by atoms with Gasteiger partial charge in [-0.1, -0.05) is 13.8 Å². The maximum atomic E-state index is 10.3. The fourth-order valence-corrected chi connectivity index (χ4v) is 0.611. The summed E-state index contributed by atoms with van der Waals surface area (Å²) in [6, 6.07) is 0. The van der Waals surface area contributed by atoms with Gasteiger partial charge in [-0.3, -0.25) is 0 Å². The van der Waals surface area contributed by atoms with Gasteiger partial charge in [0.1, 0.15) is 0 Å². The van der Waals surface area contributed by atoms with Crippen LogP contribution in [-0.2, 0) is 0 Å². The van der Waals surface area contributed by atoms with Crippen LogP contribution >= 0.6 is 0 Å². The van der Waals surface area contributed by atoms with Crippen molar-refractivity contribution in [3.05, 3.63) is 0 Å². The van der Waals surface area contributed by atoms with Crippen molar-refractivity contribution in [2.75, 3.05) is 6.61 Å². The number of aliphatic hydroxyl groups excluding tert-OH is 1. The Morgan fingerprint density at radius 2 is 2.09 bits per heavy atom. The highest BCUT2D eigenvalue weighted by Gasteiger charge is 2.28. The Kier molecular flexibility index (Phi) is 3.32. The first-order valence-electron chi connectivity index (χ1n) is 3.54. The Balaban J connectivity index is 4.22. The van der Waals surface area contributed by atoms with Crippen molar-refractivity contribution in [1.82, 2.24) is 5.32 Å². The molecule has 0 heterocycles. The molecule has 4 heteroatoms. The SMILES string of the molecule is CC(C)C(C)(CO)NC(=O)O. The molecule has 1 atom stereocenters. The van der Waals surface area contributed by atoms with E-state index in [1.165, 1.54) is 0 Å². The second-order valence-electron chi connectivity index (χ2n) is 3.16. The molecule has 66 valence electrons. The molecule has 0 aromatic heterocycles. The average Bonchev–Trinajstić information content (AvgIpc) is 1.86. The zero-order valence-electron chi connectivity index (χ0n) is 7.09. The highest BCUT2D eigenvalue weighted by atomic mass is 16.4. The van der Waals surface area contributed by atoms with Crippen LogP contribution in [0.5, 0.6) is 0 Å². The molecular weight excluding hydrogens is 146 g/mol. The lowest BCUT2D eigenvalue weighted by atomic mass is 9.90. The van der Waals surface area contributed by atoms with Crippen molar-refractivity contribution < 1.29 is 15.0 Å². The third-order valence-electron chi connectivity index (χ3n) is 2.00. The zero-order valence-corrected chi connectivity index (χ0v) is 7.09. The first-order chi connectivity index (χ1) is 4.92. The molecule has 0 fully saturated rings. The predicted molar refractivity (Wildman–Crippen MR) is 41.5 cm³/mol. The van der Waals surface area contributed by atoms with Crippen LogP contribution in [0.2, 0.25) is 0 Å². The van der Waals surface area contributed by atoms with Gasteiger partial charge in [0, 0.05) is 0 Å². The summed E-state index contributed by atoms with van der Waals surface area (Å²) in [5, 5.41) is 19.6. The smallest absolute Gasteiger partial charge is 0.405 e. The third-order valence-corrected chi connectivity index (χ3v) is 2.00. The molecule has 0 bridgehead atoms. The first-order valence-corrected chi connectivity index (χ1v) is 3.54. The lowest BCUT2D eigenvalue weighted by Crippen LogP contribution is -2.52. The van der Waals surface area contributed by atoms with Crippen molar-refractivity contribution in [2.45, 2.75) is 26.3 Å². The van der Waals surface area contributed by atoms with Crippen LogP contribution in [0.1, 0.15) is 20.8 Å². The highest BCUT2D eigenvalue weighted by molar-refractivity contribution is 5.65. The molecule has 0 radical (unpaired) electrons. The van der Waals surface area contributed by atoms with Crippen LogP contribution in [0.15, 0.2) is 0 Å². The van der Waals surface area contributed by atoms with Gasteiger partial charge in [-0.15, -0.1) is 0 Å². The quantitative estimate of drug-likeness (QED) is 0.569. The summed E-state index contributed by atoms with van der Waals surface area (Å²) >= 11 is 0. The van der Waals surface area contributed by atoms with Crippen LogP contribution in [-0.4, -0.2) is 28.5 Å². The van der Waals surface area contributed by atoms with Gasteiger partial charge in [-0.25, -0.2) is 4.79 Å². The molecule has 0 spiro atoms. The normalized spacial score (nSPS) is 16.1. The van der Waals surface area contributed by atoms with E-state index in [9.17, 15) is 4.79 Å². The molecule has 0 aliphatic rings. The summed E-state index contributed by atoms with van der Waals surface area (Å²) in [4.78, 5) is 10.3. The second kappa shape index (κ2) is 3.57. The molecule has 0 saturated heterocycles. The number of rotatable bonds is 3.